The largest absolute Gasteiger partial charge is 0.367 e. The van der Waals surface area contributed by atoms with Crippen molar-refractivity contribution in [1.29, 1.82) is 0 Å². The molecule has 0 bridgehead atoms. The standard InChI is InChI=1S/C30H39N7/c1-21(2)35(6)29-31-15-14-24(32-29)20-36-16-18-37(19-17-36)26-9-7-8-25-27(26)34-28(33-25)22-10-12-23(13-11-22)30(3,4)5/h7-15,21H,16-20H2,1-6H3,(H,33,34). The van der Waals surface area contributed by atoms with Crippen LogP contribution in [0.25, 0.3) is 22.4 Å². The number of aromatic nitrogens is 4. The van der Waals surface area contributed by atoms with E-state index in [1.54, 1.807) is 0 Å². The predicted molar refractivity (Wildman–Crippen MR) is 153 cm³/mol. The van der Waals surface area contributed by atoms with Crippen LogP contribution in [0.5, 0.6) is 0 Å². The van der Waals surface area contributed by atoms with Crippen molar-refractivity contribution in [3.8, 4) is 11.4 Å². The van der Waals surface area contributed by atoms with Crippen LogP contribution in [0, 0.1) is 0 Å². The lowest BCUT2D eigenvalue weighted by molar-refractivity contribution is 0.247. The van der Waals surface area contributed by atoms with Crippen molar-refractivity contribution < 1.29 is 0 Å². The number of nitrogens with one attached hydrogen (secondary N) is 1. The molecule has 0 unspecified atom stereocenters. The number of nitrogens with zero attached hydrogens (tertiary/aromatic N) is 6. The number of benzene rings is 2. The average molecular weight is 498 g/mol. The molecule has 0 aliphatic carbocycles. The molecule has 2 aromatic heterocycles. The Balaban J connectivity index is 1.28. The fraction of sp³-hybridized carbons (Fsp3) is 0.433. The quantitative estimate of drug-likeness (QED) is 0.380. The van der Waals surface area contributed by atoms with Crippen LogP contribution in [-0.2, 0) is 12.0 Å². The lowest BCUT2D eigenvalue weighted by Crippen LogP contribution is -2.46. The minimum atomic E-state index is 0.141. The first-order valence-corrected chi connectivity index (χ1v) is 13.3. The molecule has 0 spiro atoms. The van der Waals surface area contributed by atoms with E-state index in [1.165, 1.54) is 11.3 Å². The summed E-state index contributed by atoms with van der Waals surface area (Å²) in [6.45, 7) is 15.8. The first kappa shape index (κ1) is 25.2. The molecule has 7 nitrogen and oxygen atoms in total. The number of imidazole rings is 1. The topological polar surface area (TPSA) is 64.2 Å². The van der Waals surface area contributed by atoms with E-state index in [2.05, 4.69) is 102 Å². The van der Waals surface area contributed by atoms with Crippen molar-refractivity contribution in [1.82, 2.24) is 24.8 Å². The molecule has 3 heterocycles. The number of piperazine rings is 1. The second-order valence-electron chi connectivity index (χ2n) is 11.4. The number of rotatable bonds is 6. The van der Waals surface area contributed by atoms with Crippen LogP contribution in [0.1, 0.15) is 45.9 Å². The van der Waals surface area contributed by atoms with Crippen molar-refractivity contribution in [2.45, 2.75) is 52.6 Å². The number of fused-ring (bicyclic) bond motifs is 1. The number of aromatic amines is 1. The molecule has 4 aromatic rings. The Morgan fingerprint density at radius 1 is 0.946 bits per heavy atom. The van der Waals surface area contributed by atoms with Crippen LogP contribution in [0.15, 0.2) is 54.7 Å². The number of H-pyrrole nitrogens is 1. The van der Waals surface area contributed by atoms with E-state index in [1.807, 2.05) is 19.3 Å². The minimum Gasteiger partial charge on any atom is -0.367 e. The van der Waals surface area contributed by atoms with Crippen molar-refractivity contribution in [2.75, 3.05) is 43.0 Å². The molecule has 0 radical (unpaired) electrons. The summed E-state index contributed by atoms with van der Waals surface area (Å²) in [5.74, 6) is 1.72. The molecule has 1 N–H and O–H groups in total. The first-order chi connectivity index (χ1) is 17.7. The summed E-state index contributed by atoms with van der Waals surface area (Å²) < 4.78 is 0. The molecular weight excluding hydrogens is 458 g/mol. The van der Waals surface area contributed by atoms with Crippen molar-refractivity contribution in [3.05, 3.63) is 66.0 Å². The van der Waals surface area contributed by atoms with Crippen molar-refractivity contribution in [2.24, 2.45) is 0 Å². The first-order valence-electron chi connectivity index (χ1n) is 13.3. The average Bonchev–Trinajstić information content (AvgIpc) is 3.33. The van der Waals surface area contributed by atoms with Crippen molar-refractivity contribution >= 4 is 22.7 Å². The number of hydrogen-bond donors (Lipinski definition) is 1. The van der Waals surface area contributed by atoms with Gasteiger partial charge in [-0.15, -0.1) is 0 Å². The summed E-state index contributed by atoms with van der Waals surface area (Å²) in [7, 11) is 2.05. The molecule has 0 amide bonds. The zero-order chi connectivity index (χ0) is 26.2. The molecule has 1 fully saturated rings. The third kappa shape index (κ3) is 5.47. The van der Waals surface area contributed by atoms with E-state index >= 15 is 0 Å². The van der Waals surface area contributed by atoms with E-state index < -0.39 is 0 Å². The normalized spacial score (nSPS) is 15.1. The molecule has 2 aromatic carbocycles. The molecule has 194 valence electrons. The van der Waals surface area contributed by atoms with E-state index in [0.717, 1.165) is 66.8 Å². The van der Waals surface area contributed by atoms with Crippen molar-refractivity contribution in [3.63, 3.8) is 0 Å². The fourth-order valence-corrected chi connectivity index (χ4v) is 4.79. The molecule has 5 rings (SSSR count). The molecule has 7 heteroatoms. The summed E-state index contributed by atoms with van der Waals surface area (Å²) in [5.41, 5.74) is 7.01. The van der Waals surface area contributed by atoms with Gasteiger partial charge in [0.2, 0.25) is 5.95 Å². The van der Waals surface area contributed by atoms with Gasteiger partial charge in [0, 0.05) is 57.6 Å². The Kier molecular flexibility index (Phi) is 6.90. The van der Waals surface area contributed by atoms with Crippen LogP contribution < -0.4 is 9.80 Å². The van der Waals surface area contributed by atoms with Gasteiger partial charge in [-0.1, -0.05) is 51.1 Å². The Labute approximate surface area is 220 Å². The highest BCUT2D eigenvalue weighted by molar-refractivity contribution is 5.91. The SMILES string of the molecule is CC(C)N(C)c1nccc(CN2CCN(c3cccc4nc(-c5ccc(C(C)(C)C)cc5)[nH]c34)CC2)n1. The van der Waals surface area contributed by atoms with E-state index in [4.69, 9.17) is 9.97 Å². The Bertz CT molecular complexity index is 1340. The van der Waals surface area contributed by atoms with Crippen LogP contribution in [0.2, 0.25) is 0 Å². The highest BCUT2D eigenvalue weighted by Gasteiger charge is 2.21. The van der Waals surface area contributed by atoms with Gasteiger partial charge in [0.25, 0.3) is 0 Å². The summed E-state index contributed by atoms with van der Waals surface area (Å²) in [6.07, 6.45) is 1.87. The van der Waals surface area contributed by atoms with Gasteiger partial charge in [0.15, 0.2) is 0 Å². The molecule has 1 aliphatic heterocycles. The number of anilines is 2. The zero-order valence-corrected chi connectivity index (χ0v) is 23.0. The minimum absolute atomic E-state index is 0.141. The Morgan fingerprint density at radius 2 is 1.68 bits per heavy atom. The van der Waals surface area contributed by atoms with Crippen LogP contribution in [-0.4, -0.2) is 64.1 Å². The van der Waals surface area contributed by atoms with Gasteiger partial charge in [-0.25, -0.2) is 15.0 Å². The second-order valence-corrected chi connectivity index (χ2v) is 11.4. The Morgan fingerprint density at radius 3 is 2.35 bits per heavy atom. The van der Waals surface area contributed by atoms with Crippen LogP contribution >= 0.6 is 0 Å². The molecule has 0 atom stereocenters. The van der Waals surface area contributed by atoms with Gasteiger partial charge >= 0.3 is 0 Å². The Hall–Kier alpha value is -3.45. The van der Waals surface area contributed by atoms with Gasteiger partial charge in [0.05, 0.1) is 22.4 Å². The second kappa shape index (κ2) is 10.1. The summed E-state index contributed by atoms with van der Waals surface area (Å²) in [5, 5.41) is 0. The molecule has 1 aliphatic rings. The van der Waals surface area contributed by atoms with E-state index in [9.17, 15) is 0 Å². The zero-order valence-electron chi connectivity index (χ0n) is 23.0. The molecule has 0 saturated carbocycles. The van der Waals surface area contributed by atoms with Gasteiger partial charge < -0.3 is 14.8 Å². The molecule has 37 heavy (non-hydrogen) atoms. The lowest BCUT2D eigenvalue weighted by atomic mass is 9.87. The summed E-state index contributed by atoms with van der Waals surface area (Å²) in [4.78, 5) is 24.9. The number of hydrogen-bond acceptors (Lipinski definition) is 6. The lowest BCUT2D eigenvalue weighted by Gasteiger charge is -2.36. The highest BCUT2D eigenvalue weighted by atomic mass is 15.3. The van der Waals surface area contributed by atoms with Crippen LogP contribution in [0.4, 0.5) is 11.6 Å². The van der Waals surface area contributed by atoms with E-state index in [-0.39, 0.29) is 5.41 Å². The highest BCUT2D eigenvalue weighted by Crippen LogP contribution is 2.30. The van der Waals surface area contributed by atoms with Gasteiger partial charge in [-0.3, -0.25) is 4.90 Å². The molecular formula is C30H39N7. The van der Waals surface area contributed by atoms with Gasteiger partial charge in [-0.2, -0.15) is 0 Å². The van der Waals surface area contributed by atoms with E-state index in [0.29, 0.717) is 6.04 Å². The number of para-hydroxylation sites is 1. The maximum atomic E-state index is 4.93. The predicted octanol–water partition coefficient (Wildman–Crippen LogP) is 5.48. The van der Waals surface area contributed by atoms with Crippen LogP contribution in [0.3, 0.4) is 0 Å². The van der Waals surface area contributed by atoms with Gasteiger partial charge in [-0.05, 0) is 43.0 Å². The fourth-order valence-electron chi connectivity index (χ4n) is 4.79. The maximum Gasteiger partial charge on any atom is 0.225 e. The third-order valence-corrected chi connectivity index (χ3v) is 7.41. The maximum absolute atomic E-state index is 4.93. The van der Waals surface area contributed by atoms with Gasteiger partial charge in [0.1, 0.15) is 5.82 Å². The molecule has 1 saturated heterocycles. The summed E-state index contributed by atoms with van der Waals surface area (Å²) in [6, 6.07) is 17.6. The smallest absolute Gasteiger partial charge is 0.225 e. The monoisotopic (exact) mass is 497 g/mol. The summed E-state index contributed by atoms with van der Waals surface area (Å²) >= 11 is 0. The third-order valence-electron chi connectivity index (χ3n) is 7.41.